The number of fused-ring (bicyclic) bond motifs is 2. The number of imidazole rings is 1. The minimum Gasteiger partial charge on any atom is -0.507 e. The molecule has 0 amide bonds. The molecule has 0 spiro atoms. The number of phenolic OH excluding ortho intramolecular Hbond substituents is 1. The summed E-state index contributed by atoms with van der Waals surface area (Å²) in [5, 5.41) is 13.5. The van der Waals surface area contributed by atoms with E-state index in [-0.39, 0.29) is 24.3 Å². The summed E-state index contributed by atoms with van der Waals surface area (Å²) in [7, 11) is 1.87. The van der Waals surface area contributed by atoms with Gasteiger partial charge >= 0.3 is 0 Å². The van der Waals surface area contributed by atoms with Crippen molar-refractivity contribution in [1.29, 1.82) is 0 Å². The largest absolute Gasteiger partial charge is 0.507 e. The first-order chi connectivity index (χ1) is 14.4. The molecular formula is C21H22F2N6O. The number of anilines is 1. The Morgan fingerprint density at radius 2 is 2.10 bits per heavy atom. The number of nitrogens with zero attached hydrogens (tertiary/aromatic N) is 5. The number of piperidine rings is 1. The standard InChI is InChI=1S/C21H22F2N6O/c1-28(15-6-13-9-21(22,23)19(8-15)27-13)20-11-25-17(10-26-20)16-3-2-14(7-18(16)30)29-5-4-24-12-29/h2-5,7,10-13,15,19,27,30H,6,8-9H2,1H3/t13?,15-,19?/m1/s1. The highest BCUT2D eigenvalue weighted by Gasteiger charge is 2.53. The van der Waals surface area contributed by atoms with E-state index in [0.717, 1.165) is 5.69 Å². The van der Waals surface area contributed by atoms with Gasteiger partial charge in [0, 0.05) is 49.6 Å². The maximum Gasteiger partial charge on any atom is 0.264 e. The summed E-state index contributed by atoms with van der Waals surface area (Å²) < 4.78 is 29.8. The van der Waals surface area contributed by atoms with Gasteiger partial charge in [-0.25, -0.2) is 18.7 Å². The summed E-state index contributed by atoms with van der Waals surface area (Å²) in [4.78, 5) is 14.9. The molecule has 2 aromatic heterocycles. The van der Waals surface area contributed by atoms with Gasteiger partial charge < -0.3 is 19.9 Å². The average Bonchev–Trinajstić information content (AvgIpc) is 3.34. The Morgan fingerprint density at radius 3 is 2.77 bits per heavy atom. The maximum atomic E-state index is 14.0. The number of rotatable bonds is 4. The fraction of sp³-hybridized carbons (Fsp3) is 0.381. The van der Waals surface area contributed by atoms with Crippen LogP contribution in [0.3, 0.4) is 0 Å². The molecule has 0 saturated carbocycles. The van der Waals surface area contributed by atoms with Crippen LogP contribution in [0, 0.1) is 0 Å². The first-order valence-corrected chi connectivity index (χ1v) is 9.91. The summed E-state index contributed by atoms with van der Waals surface area (Å²) in [5.74, 6) is -1.92. The van der Waals surface area contributed by atoms with Crippen LogP contribution in [0.5, 0.6) is 5.75 Å². The Hall–Kier alpha value is -3.07. The van der Waals surface area contributed by atoms with Crippen LogP contribution in [0.25, 0.3) is 16.9 Å². The van der Waals surface area contributed by atoms with Crippen LogP contribution in [0.2, 0.25) is 0 Å². The number of aromatic hydroxyl groups is 1. The van der Waals surface area contributed by atoms with Crippen LogP contribution >= 0.6 is 0 Å². The molecule has 30 heavy (non-hydrogen) atoms. The van der Waals surface area contributed by atoms with Crippen LogP contribution in [0.1, 0.15) is 19.3 Å². The van der Waals surface area contributed by atoms with Crippen molar-refractivity contribution in [3.05, 3.63) is 49.3 Å². The first kappa shape index (κ1) is 18.9. The van der Waals surface area contributed by atoms with Crippen LogP contribution < -0.4 is 10.2 Å². The molecule has 2 fully saturated rings. The Bertz CT molecular complexity index is 1040. The van der Waals surface area contributed by atoms with Gasteiger partial charge in [0.1, 0.15) is 11.6 Å². The lowest BCUT2D eigenvalue weighted by Gasteiger charge is -2.36. The predicted octanol–water partition coefficient (Wildman–Crippen LogP) is 3.00. The van der Waals surface area contributed by atoms with Gasteiger partial charge in [0.25, 0.3) is 5.92 Å². The Kier molecular flexibility index (Phi) is 4.43. The second-order valence-corrected chi connectivity index (χ2v) is 8.05. The SMILES string of the molecule is CN(c1cnc(-c2ccc(-n3ccnc3)cc2O)cn1)[C@@H]1CC2CC(F)(F)C(C1)N2. The van der Waals surface area contributed by atoms with Crippen molar-refractivity contribution in [2.75, 3.05) is 11.9 Å². The summed E-state index contributed by atoms with van der Waals surface area (Å²) in [6, 6.07) is 4.33. The van der Waals surface area contributed by atoms with Crippen molar-refractivity contribution in [3.8, 4) is 22.7 Å². The van der Waals surface area contributed by atoms with Crippen LogP contribution in [-0.2, 0) is 0 Å². The third-order valence-electron chi connectivity index (χ3n) is 6.14. The van der Waals surface area contributed by atoms with E-state index >= 15 is 0 Å². The van der Waals surface area contributed by atoms with E-state index in [1.165, 1.54) is 0 Å². The highest BCUT2D eigenvalue weighted by atomic mass is 19.3. The van der Waals surface area contributed by atoms with E-state index in [9.17, 15) is 13.9 Å². The van der Waals surface area contributed by atoms with E-state index in [1.807, 2.05) is 18.0 Å². The van der Waals surface area contributed by atoms with Crippen molar-refractivity contribution in [1.82, 2.24) is 24.8 Å². The van der Waals surface area contributed by atoms with Gasteiger partial charge in [-0.1, -0.05) is 0 Å². The smallest absolute Gasteiger partial charge is 0.264 e. The molecule has 0 radical (unpaired) electrons. The van der Waals surface area contributed by atoms with Gasteiger partial charge in [0.2, 0.25) is 0 Å². The Labute approximate surface area is 172 Å². The van der Waals surface area contributed by atoms with E-state index < -0.39 is 12.0 Å². The van der Waals surface area contributed by atoms with E-state index in [4.69, 9.17) is 0 Å². The fourth-order valence-corrected chi connectivity index (χ4v) is 4.48. The first-order valence-electron chi connectivity index (χ1n) is 9.91. The molecule has 4 heterocycles. The number of aromatic nitrogens is 4. The lowest BCUT2D eigenvalue weighted by atomic mass is 9.98. The number of alkyl halides is 2. The van der Waals surface area contributed by atoms with E-state index in [0.29, 0.717) is 29.9 Å². The number of hydrogen-bond donors (Lipinski definition) is 2. The van der Waals surface area contributed by atoms with Crippen molar-refractivity contribution >= 4 is 5.82 Å². The molecular weight excluding hydrogens is 390 g/mol. The molecule has 2 N–H and O–H groups in total. The minimum atomic E-state index is -2.64. The molecule has 2 aliphatic heterocycles. The fourth-order valence-electron chi connectivity index (χ4n) is 4.48. The second-order valence-electron chi connectivity index (χ2n) is 8.05. The molecule has 2 saturated heterocycles. The third-order valence-corrected chi connectivity index (χ3v) is 6.14. The van der Waals surface area contributed by atoms with Gasteiger partial charge in [-0.15, -0.1) is 0 Å². The average molecular weight is 412 g/mol. The van der Waals surface area contributed by atoms with Gasteiger partial charge in [-0.3, -0.25) is 4.98 Å². The monoisotopic (exact) mass is 412 g/mol. The lowest BCUT2D eigenvalue weighted by Crippen LogP contribution is -2.49. The second kappa shape index (κ2) is 7.02. The number of nitrogens with one attached hydrogen (secondary N) is 1. The van der Waals surface area contributed by atoms with Gasteiger partial charge in [-0.05, 0) is 25.0 Å². The molecule has 156 valence electrons. The zero-order chi connectivity index (χ0) is 20.9. The normalized spacial score (nSPS) is 24.7. The predicted molar refractivity (Wildman–Crippen MR) is 108 cm³/mol. The summed E-state index contributed by atoms with van der Waals surface area (Å²) in [6.07, 6.45) is 9.27. The Balaban J connectivity index is 1.33. The zero-order valence-corrected chi connectivity index (χ0v) is 16.4. The molecule has 3 aromatic rings. The van der Waals surface area contributed by atoms with Crippen LogP contribution in [0.15, 0.2) is 49.3 Å². The van der Waals surface area contributed by atoms with Crippen LogP contribution in [0.4, 0.5) is 14.6 Å². The number of phenols is 1. The van der Waals surface area contributed by atoms with Crippen LogP contribution in [-0.4, -0.2) is 55.7 Å². The van der Waals surface area contributed by atoms with Crippen molar-refractivity contribution in [2.24, 2.45) is 0 Å². The highest BCUT2D eigenvalue weighted by Crippen LogP contribution is 2.40. The topological polar surface area (TPSA) is 79.1 Å². The number of benzene rings is 1. The highest BCUT2D eigenvalue weighted by molar-refractivity contribution is 5.68. The molecule has 0 aliphatic carbocycles. The van der Waals surface area contributed by atoms with Gasteiger partial charge in [0.15, 0.2) is 0 Å². The van der Waals surface area contributed by atoms with Gasteiger partial charge in [0.05, 0.1) is 36.1 Å². The van der Waals surface area contributed by atoms with E-state index in [1.54, 1.807) is 47.8 Å². The van der Waals surface area contributed by atoms with Gasteiger partial charge in [-0.2, -0.15) is 0 Å². The molecule has 2 bridgehead atoms. The molecule has 5 rings (SSSR count). The molecule has 2 aliphatic rings. The zero-order valence-electron chi connectivity index (χ0n) is 16.4. The maximum absolute atomic E-state index is 14.0. The molecule has 7 nitrogen and oxygen atoms in total. The van der Waals surface area contributed by atoms with E-state index in [2.05, 4.69) is 20.3 Å². The summed E-state index contributed by atoms with van der Waals surface area (Å²) in [6.45, 7) is 0. The number of hydrogen-bond acceptors (Lipinski definition) is 6. The quantitative estimate of drug-likeness (QED) is 0.686. The van der Waals surface area contributed by atoms with Crippen molar-refractivity contribution in [3.63, 3.8) is 0 Å². The third kappa shape index (κ3) is 3.28. The molecule has 9 heteroatoms. The lowest BCUT2D eigenvalue weighted by molar-refractivity contribution is -0.0128. The molecule has 2 unspecified atom stereocenters. The summed E-state index contributed by atoms with van der Waals surface area (Å²) in [5.41, 5.74) is 1.90. The number of halogens is 2. The van der Waals surface area contributed by atoms with Crippen molar-refractivity contribution < 1.29 is 13.9 Å². The molecule has 3 atom stereocenters. The molecule has 1 aromatic carbocycles. The Morgan fingerprint density at radius 1 is 1.23 bits per heavy atom. The summed E-state index contributed by atoms with van der Waals surface area (Å²) >= 11 is 0. The van der Waals surface area contributed by atoms with Crippen molar-refractivity contribution in [2.45, 2.75) is 43.3 Å². The minimum absolute atomic E-state index is 0.0161.